The topological polar surface area (TPSA) is 67.2 Å². The molecule has 1 aliphatic rings. The first-order valence-electron chi connectivity index (χ1n) is 7.81. The Bertz CT molecular complexity index is 604. The van der Waals surface area contributed by atoms with Crippen molar-refractivity contribution >= 4 is 11.6 Å². The molecule has 5 heteroatoms. The van der Waals surface area contributed by atoms with E-state index in [1.165, 1.54) is 12.8 Å². The van der Waals surface area contributed by atoms with Crippen molar-refractivity contribution in [1.29, 1.82) is 0 Å². The summed E-state index contributed by atoms with van der Waals surface area (Å²) in [4.78, 5) is 12.2. The summed E-state index contributed by atoms with van der Waals surface area (Å²) in [6.45, 7) is 1.38. The maximum atomic E-state index is 12.2. The molecule has 2 N–H and O–H groups in total. The Kier molecular flexibility index (Phi) is 4.85. The van der Waals surface area contributed by atoms with Gasteiger partial charge in [-0.05, 0) is 30.5 Å². The maximum absolute atomic E-state index is 12.2. The fourth-order valence-electron chi connectivity index (χ4n) is 2.86. The van der Waals surface area contributed by atoms with E-state index in [4.69, 9.17) is 4.52 Å². The molecule has 1 aliphatic carbocycles. The Morgan fingerprint density at radius 3 is 2.86 bits per heavy atom. The molecule has 2 aromatic rings. The summed E-state index contributed by atoms with van der Waals surface area (Å²) in [6.07, 6.45) is 5.94. The number of benzene rings is 1. The summed E-state index contributed by atoms with van der Waals surface area (Å²) in [7, 11) is 0. The third-order valence-corrected chi connectivity index (χ3v) is 4.05. The van der Waals surface area contributed by atoms with E-state index in [9.17, 15) is 4.79 Å². The Morgan fingerprint density at radius 1 is 1.23 bits per heavy atom. The molecule has 116 valence electrons. The van der Waals surface area contributed by atoms with Gasteiger partial charge >= 0.3 is 0 Å². The third kappa shape index (κ3) is 3.95. The van der Waals surface area contributed by atoms with E-state index < -0.39 is 0 Å². The van der Waals surface area contributed by atoms with Gasteiger partial charge in [-0.1, -0.05) is 30.1 Å². The minimum atomic E-state index is 0.158. The van der Waals surface area contributed by atoms with Gasteiger partial charge in [0.2, 0.25) is 5.91 Å². The molecule has 1 aromatic carbocycles. The monoisotopic (exact) mass is 299 g/mol. The van der Waals surface area contributed by atoms with Crippen LogP contribution in [0.2, 0.25) is 0 Å². The van der Waals surface area contributed by atoms with E-state index in [0.29, 0.717) is 6.54 Å². The van der Waals surface area contributed by atoms with E-state index >= 15 is 0 Å². The number of amides is 1. The molecule has 1 saturated carbocycles. The highest BCUT2D eigenvalue weighted by atomic mass is 16.5. The van der Waals surface area contributed by atoms with Crippen LogP contribution < -0.4 is 10.6 Å². The summed E-state index contributed by atoms with van der Waals surface area (Å²) in [5, 5.41) is 10.2. The zero-order valence-corrected chi connectivity index (χ0v) is 12.5. The standard InChI is InChI=1S/C17H21N3O2/c21-17(14-5-1-2-6-14)19-15-7-3-4-13(10-15)11-18-12-16-8-9-22-20-16/h3-4,7-10,14,18H,1-2,5-6,11-12H2,(H,19,21). The minimum Gasteiger partial charge on any atom is -0.364 e. The van der Waals surface area contributed by atoms with E-state index in [2.05, 4.69) is 15.8 Å². The van der Waals surface area contributed by atoms with Crippen LogP contribution in [0.25, 0.3) is 0 Å². The lowest BCUT2D eigenvalue weighted by atomic mass is 10.1. The molecule has 0 aliphatic heterocycles. The number of carbonyl (C=O) groups excluding carboxylic acids is 1. The number of carbonyl (C=O) groups is 1. The van der Waals surface area contributed by atoms with Gasteiger partial charge in [0, 0.05) is 30.8 Å². The van der Waals surface area contributed by atoms with Crippen LogP contribution in [-0.2, 0) is 17.9 Å². The summed E-state index contributed by atoms with van der Waals surface area (Å²) in [6, 6.07) is 9.81. The molecule has 0 spiro atoms. The number of aromatic nitrogens is 1. The fraction of sp³-hybridized carbons (Fsp3) is 0.412. The molecule has 0 atom stereocenters. The molecule has 3 rings (SSSR count). The molecule has 1 heterocycles. The number of hydrogen-bond acceptors (Lipinski definition) is 4. The zero-order valence-electron chi connectivity index (χ0n) is 12.5. The van der Waals surface area contributed by atoms with Gasteiger partial charge in [0.1, 0.15) is 6.26 Å². The van der Waals surface area contributed by atoms with Gasteiger partial charge in [-0.15, -0.1) is 0 Å². The summed E-state index contributed by atoms with van der Waals surface area (Å²) >= 11 is 0. The maximum Gasteiger partial charge on any atom is 0.227 e. The van der Waals surface area contributed by atoms with Crippen LogP contribution in [0.1, 0.15) is 36.9 Å². The van der Waals surface area contributed by atoms with Gasteiger partial charge in [0.05, 0.1) is 5.69 Å². The van der Waals surface area contributed by atoms with E-state index in [0.717, 1.165) is 36.3 Å². The second kappa shape index (κ2) is 7.22. The Labute approximate surface area is 130 Å². The van der Waals surface area contributed by atoms with Crippen LogP contribution in [0.15, 0.2) is 41.1 Å². The first-order chi connectivity index (χ1) is 10.8. The van der Waals surface area contributed by atoms with Crippen molar-refractivity contribution in [2.45, 2.75) is 38.8 Å². The first-order valence-corrected chi connectivity index (χ1v) is 7.81. The van der Waals surface area contributed by atoms with Gasteiger partial charge in [-0.3, -0.25) is 4.79 Å². The van der Waals surface area contributed by atoms with E-state index in [-0.39, 0.29) is 11.8 Å². The SMILES string of the molecule is O=C(Nc1cccc(CNCc2ccon2)c1)C1CCCC1. The average Bonchev–Trinajstić information content (AvgIpc) is 3.21. The van der Waals surface area contributed by atoms with Crippen LogP contribution in [0.4, 0.5) is 5.69 Å². The molecular weight excluding hydrogens is 278 g/mol. The molecule has 5 nitrogen and oxygen atoms in total. The highest BCUT2D eigenvalue weighted by Gasteiger charge is 2.22. The minimum absolute atomic E-state index is 0.158. The third-order valence-electron chi connectivity index (χ3n) is 4.05. The van der Waals surface area contributed by atoms with Crippen molar-refractivity contribution in [1.82, 2.24) is 10.5 Å². The van der Waals surface area contributed by atoms with E-state index in [1.807, 2.05) is 30.3 Å². The molecule has 0 radical (unpaired) electrons. The Morgan fingerprint density at radius 2 is 2.09 bits per heavy atom. The lowest BCUT2D eigenvalue weighted by Crippen LogP contribution is -2.20. The first kappa shape index (κ1) is 14.8. The van der Waals surface area contributed by atoms with Gasteiger partial charge in [-0.2, -0.15) is 0 Å². The summed E-state index contributed by atoms with van der Waals surface area (Å²) in [5.41, 5.74) is 2.89. The van der Waals surface area contributed by atoms with Gasteiger partial charge in [-0.25, -0.2) is 0 Å². The van der Waals surface area contributed by atoms with Crippen LogP contribution in [0, 0.1) is 5.92 Å². The molecule has 0 saturated heterocycles. The summed E-state index contributed by atoms with van der Waals surface area (Å²) in [5.74, 6) is 0.346. The smallest absolute Gasteiger partial charge is 0.227 e. The molecule has 1 fully saturated rings. The van der Waals surface area contributed by atoms with Gasteiger partial charge < -0.3 is 15.2 Å². The second-order valence-electron chi connectivity index (χ2n) is 5.77. The van der Waals surface area contributed by atoms with Gasteiger partial charge in [0.15, 0.2) is 0 Å². The molecular formula is C17H21N3O2. The molecule has 0 unspecified atom stereocenters. The quantitative estimate of drug-likeness (QED) is 0.860. The molecule has 1 aromatic heterocycles. The predicted molar refractivity (Wildman–Crippen MR) is 84.1 cm³/mol. The van der Waals surface area contributed by atoms with Crippen molar-refractivity contribution in [2.75, 3.05) is 5.32 Å². The number of nitrogens with one attached hydrogen (secondary N) is 2. The molecule has 1 amide bonds. The highest BCUT2D eigenvalue weighted by Crippen LogP contribution is 2.26. The van der Waals surface area contributed by atoms with Crippen LogP contribution in [0.5, 0.6) is 0 Å². The number of rotatable bonds is 6. The Hall–Kier alpha value is -2.14. The second-order valence-corrected chi connectivity index (χ2v) is 5.77. The Balaban J connectivity index is 1.51. The van der Waals surface area contributed by atoms with Crippen LogP contribution in [-0.4, -0.2) is 11.1 Å². The van der Waals surface area contributed by atoms with Crippen LogP contribution >= 0.6 is 0 Å². The zero-order chi connectivity index (χ0) is 15.2. The normalized spacial score (nSPS) is 15.1. The highest BCUT2D eigenvalue weighted by molar-refractivity contribution is 5.92. The molecule has 22 heavy (non-hydrogen) atoms. The largest absolute Gasteiger partial charge is 0.364 e. The molecule has 0 bridgehead atoms. The predicted octanol–water partition coefficient (Wildman–Crippen LogP) is 3.09. The van der Waals surface area contributed by atoms with Crippen molar-refractivity contribution < 1.29 is 9.32 Å². The van der Waals surface area contributed by atoms with E-state index in [1.54, 1.807) is 6.26 Å². The van der Waals surface area contributed by atoms with Crippen molar-refractivity contribution in [3.63, 3.8) is 0 Å². The lowest BCUT2D eigenvalue weighted by molar-refractivity contribution is -0.119. The van der Waals surface area contributed by atoms with Crippen molar-refractivity contribution in [3.8, 4) is 0 Å². The van der Waals surface area contributed by atoms with Crippen molar-refractivity contribution in [3.05, 3.63) is 47.9 Å². The van der Waals surface area contributed by atoms with Crippen LogP contribution in [0.3, 0.4) is 0 Å². The number of nitrogens with zero attached hydrogens (tertiary/aromatic N) is 1. The summed E-state index contributed by atoms with van der Waals surface area (Å²) < 4.78 is 4.79. The average molecular weight is 299 g/mol. The van der Waals surface area contributed by atoms with Crippen molar-refractivity contribution in [2.24, 2.45) is 5.92 Å². The fourth-order valence-corrected chi connectivity index (χ4v) is 2.86. The number of anilines is 1. The van der Waals surface area contributed by atoms with Gasteiger partial charge in [0.25, 0.3) is 0 Å². The lowest BCUT2D eigenvalue weighted by Gasteiger charge is -2.11. The number of hydrogen-bond donors (Lipinski definition) is 2.